The molecule has 1 aliphatic rings. The molecule has 1 heterocycles. The molecule has 0 saturated carbocycles. The van der Waals surface area contributed by atoms with Crippen molar-refractivity contribution < 1.29 is 8.42 Å². The zero-order valence-corrected chi connectivity index (χ0v) is 10.4. The van der Waals surface area contributed by atoms with Crippen LogP contribution in [0.2, 0.25) is 0 Å². The third kappa shape index (κ3) is 1.58. The molecule has 2 rings (SSSR count). The van der Waals surface area contributed by atoms with E-state index in [0.717, 1.165) is 16.7 Å². The van der Waals surface area contributed by atoms with Crippen molar-refractivity contribution in [3.05, 3.63) is 34.7 Å². The Balaban J connectivity index is 2.70. The van der Waals surface area contributed by atoms with Gasteiger partial charge in [0, 0.05) is 11.4 Å². The van der Waals surface area contributed by atoms with Crippen LogP contribution in [-0.4, -0.2) is 21.5 Å². The van der Waals surface area contributed by atoms with Crippen LogP contribution in [0.3, 0.4) is 0 Å². The molecule has 0 aliphatic carbocycles. The Morgan fingerprint density at radius 1 is 1.31 bits per heavy atom. The standard InChI is InChI=1S/C12H15NO2S/c1-8-5-4-6-10-11(9(2)13-3)7-16(14,15)12(8)10/h4-7,9,13H,1-3H3. The maximum absolute atomic E-state index is 12.0. The summed E-state index contributed by atoms with van der Waals surface area (Å²) in [5.41, 5.74) is 2.50. The minimum Gasteiger partial charge on any atom is -0.313 e. The van der Waals surface area contributed by atoms with Crippen LogP contribution in [0.15, 0.2) is 28.5 Å². The van der Waals surface area contributed by atoms with Gasteiger partial charge in [0.1, 0.15) is 0 Å². The second kappa shape index (κ2) is 3.71. The SMILES string of the molecule is CNC(C)C1=CS(=O)(=O)c2c(C)cccc21. The average molecular weight is 237 g/mol. The average Bonchev–Trinajstić information content (AvgIpc) is 2.51. The molecule has 0 spiro atoms. The summed E-state index contributed by atoms with van der Waals surface area (Å²) in [5, 5.41) is 4.45. The zero-order chi connectivity index (χ0) is 11.9. The van der Waals surface area contributed by atoms with E-state index in [-0.39, 0.29) is 6.04 Å². The molecule has 0 amide bonds. The van der Waals surface area contributed by atoms with E-state index < -0.39 is 9.84 Å². The molecular formula is C12H15NO2S. The Labute approximate surface area is 96.1 Å². The van der Waals surface area contributed by atoms with Gasteiger partial charge < -0.3 is 5.32 Å². The Bertz CT molecular complexity index is 558. The van der Waals surface area contributed by atoms with Gasteiger partial charge >= 0.3 is 0 Å². The Morgan fingerprint density at radius 3 is 2.62 bits per heavy atom. The predicted molar refractivity (Wildman–Crippen MR) is 64.9 cm³/mol. The van der Waals surface area contributed by atoms with Crippen molar-refractivity contribution >= 4 is 15.4 Å². The molecule has 16 heavy (non-hydrogen) atoms. The molecule has 0 bridgehead atoms. The van der Waals surface area contributed by atoms with Gasteiger partial charge in [-0.3, -0.25) is 0 Å². The summed E-state index contributed by atoms with van der Waals surface area (Å²) in [6.07, 6.45) is 0. The summed E-state index contributed by atoms with van der Waals surface area (Å²) in [6, 6.07) is 5.63. The highest BCUT2D eigenvalue weighted by molar-refractivity contribution is 7.95. The number of aryl methyl sites for hydroxylation is 1. The Morgan fingerprint density at radius 2 is 2.00 bits per heavy atom. The second-order valence-electron chi connectivity index (χ2n) is 4.08. The van der Waals surface area contributed by atoms with E-state index in [1.54, 1.807) is 0 Å². The lowest BCUT2D eigenvalue weighted by Gasteiger charge is -2.12. The maximum Gasteiger partial charge on any atom is 0.201 e. The molecule has 1 aliphatic heterocycles. The lowest BCUT2D eigenvalue weighted by molar-refractivity contribution is 0.605. The number of fused-ring (bicyclic) bond motifs is 1. The highest BCUT2D eigenvalue weighted by Crippen LogP contribution is 2.36. The third-order valence-corrected chi connectivity index (χ3v) is 4.66. The normalized spacial score (nSPS) is 19.1. The maximum atomic E-state index is 12.0. The van der Waals surface area contributed by atoms with Gasteiger partial charge in [-0.25, -0.2) is 8.42 Å². The lowest BCUT2D eigenvalue weighted by atomic mass is 10.00. The molecule has 4 heteroatoms. The molecule has 1 unspecified atom stereocenters. The third-order valence-electron chi connectivity index (χ3n) is 2.99. The number of hydrogen-bond acceptors (Lipinski definition) is 3. The summed E-state index contributed by atoms with van der Waals surface area (Å²) in [5.74, 6) is 0. The molecule has 3 nitrogen and oxygen atoms in total. The number of rotatable bonds is 2. The van der Waals surface area contributed by atoms with E-state index >= 15 is 0 Å². The van der Waals surface area contributed by atoms with Gasteiger partial charge in [0.25, 0.3) is 0 Å². The second-order valence-corrected chi connectivity index (χ2v) is 5.81. The molecule has 0 fully saturated rings. The van der Waals surface area contributed by atoms with Gasteiger partial charge in [0.2, 0.25) is 9.84 Å². The van der Waals surface area contributed by atoms with E-state index in [1.807, 2.05) is 39.1 Å². The largest absolute Gasteiger partial charge is 0.313 e. The minimum absolute atomic E-state index is 0.0397. The number of hydrogen-bond donors (Lipinski definition) is 1. The number of benzene rings is 1. The molecule has 86 valence electrons. The van der Waals surface area contributed by atoms with Crippen molar-refractivity contribution in [2.75, 3.05) is 7.05 Å². The van der Waals surface area contributed by atoms with Crippen LogP contribution in [-0.2, 0) is 9.84 Å². The molecule has 0 aromatic heterocycles. The van der Waals surface area contributed by atoms with E-state index in [9.17, 15) is 8.42 Å². The van der Waals surface area contributed by atoms with Crippen molar-refractivity contribution in [1.82, 2.24) is 5.32 Å². The van der Waals surface area contributed by atoms with Gasteiger partial charge in [-0.2, -0.15) is 0 Å². The first-order valence-corrected chi connectivity index (χ1v) is 6.76. The first-order valence-electron chi connectivity index (χ1n) is 5.21. The van der Waals surface area contributed by atoms with Crippen LogP contribution in [0.1, 0.15) is 18.1 Å². The molecule has 1 aromatic carbocycles. The predicted octanol–water partition coefficient (Wildman–Crippen LogP) is 1.73. The van der Waals surface area contributed by atoms with Crippen LogP contribution < -0.4 is 5.32 Å². The molecule has 1 atom stereocenters. The topological polar surface area (TPSA) is 46.2 Å². The van der Waals surface area contributed by atoms with Gasteiger partial charge in [-0.05, 0) is 37.6 Å². The van der Waals surface area contributed by atoms with Crippen molar-refractivity contribution in [2.45, 2.75) is 24.8 Å². The summed E-state index contributed by atoms with van der Waals surface area (Å²) in [4.78, 5) is 0.465. The summed E-state index contributed by atoms with van der Waals surface area (Å²) >= 11 is 0. The Kier molecular flexibility index (Phi) is 2.64. The molecule has 0 saturated heterocycles. The van der Waals surface area contributed by atoms with Crippen LogP contribution in [0, 0.1) is 6.92 Å². The van der Waals surface area contributed by atoms with Crippen molar-refractivity contribution in [2.24, 2.45) is 0 Å². The van der Waals surface area contributed by atoms with E-state index in [0.29, 0.717) is 4.90 Å². The lowest BCUT2D eigenvalue weighted by Crippen LogP contribution is -2.22. The summed E-state index contributed by atoms with van der Waals surface area (Å²) < 4.78 is 24.0. The van der Waals surface area contributed by atoms with Crippen LogP contribution in [0.5, 0.6) is 0 Å². The monoisotopic (exact) mass is 237 g/mol. The quantitative estimate of drug-likeness (QED) is 0.852. The smallest absolute Gasteiger partial charge is 0.201 e. The van der Waals surface area contributed by atoms with E-state index in [1.165, 1.54) is 5.41 Å². The van der Waals surface area contributed by atoms with E-state index in [2.05, 4.69) is 5.32 Å². The van der Waals surface area contributed by atoms with Gasteiger partial charge in [0.15, 0.2) is 0 Å². The van der Waals surface area contributed by atoms with Gasteiger partial charge in [0.05, 0.1) is 4.90 Å². The van der Waals surface area contributed by atoms with Gasteiger partial charge in [-0.1, -0.05) is 18.2 Å². The zero-order valence-electron chi connectivity index (χ0n) is 9.61. The fourth-order valence-corrected chi connectivity index (χ4v) is 3.83. The molecule has 0 radical (unpaired) electrons. The van der Waals surface area contributed by atoms with Crippen LogP contribution >= 0.6 is 0 Å². The van der Waals surface area contributed by atoms with Crippen LogP contribution in [0.4, 0.5) is 0 Å². The van der Waals surface area contributed by atoms with Crippen molar-refractivity contribution in [3.63, 3.8) is 0 Å². The summed E-state index contributed by atoms with van der Waals surface area (Å²) in [7, 11) is -1.42. The molecular weight excluding hydrogens is 222 g/mol. The van der Waals surface area contributed by atoms with Gasteiger partial charge in [-0.15, -0.1) is 0 Å². The summed E-state index contributed by atoms with van der Waals surface area (Å²) in [6.45, 7) is 3.79. The Hall–Kier alpha value is -1.13. The number of likely N-dealkylation sites (N-methyl/N-ethyl adjacent to an activating group) is 1. The highest BCUT2D eigenvalue weighted by Gasteiger charge is 2.30. The fourth-order valence-electron chi connectivity index (χ4n) is 2.04. The minimum atomic E-state index is -3.24. The fraction of sp³-hybridized carbons (Fsp3) is 0.333. The first-order chi connectivity index (χ1) is 7.47. The van der Waals surface area contributed by atoms with Crippen molar-refractivity contribution in [3.8, 4) is 0 Å². The first kappa shape index (κ1) is 11.4. The molecule has 1 aromatic rings. The van der Waals surface area contributed by atoms with Crippen LogP contribution in [0.25, 0.3) is 5.57 Å². The highest BCUT2D eigenvalue weighted by atomic mass is 32.2. The number of nitrogens with one attached hydrogen (secondary N) is 1. The van der Waals surface area contributed by atoms with E-state index in [4.69, 9.17) is 0 Å². The molecule has 1 N–H and O–H groups in total. The van der Waals surface area contributed by atoms with Crippen molar-refractivity contribution in [1.29, 1.82) is 0 Å². The number of sulfone groups is 1.